The van der Waals surface area contributed by atoms with Crippen molar-refractivity contribution < 1.29 is 9.13 Å². The molecule has 4 aromatic rings. The van der Waals surface area contributed by atoms with Crippen LogP contribution in [0.15, 0.2) is 42.6 Å². The summed E-state index contributed by atoms with van der Waals surface area (Å²) in [4.78, 5) is 18.9. The first-order valence-corrected chi connectivity index (χ1v) is 14.9. The number of nitrogens with zero attached hydrogens (tertiary/aromatic N) is 6. The summed E-state index contributed by atoms with van der Waals surface area (Å²) in [6.45, 7) is 3.38. The zero-order chi connectivity index (χ0) is 27.9. The van der Waals surface area contributed by atoms with E-state index in [-0.39, 0.29) is 17.2 Å². The zero-order valence-electron chi connectivity index (χ0n) is 23.5. The second-order valence-electron chi connectivity index (χ2n) is 12.0. The molecule has 2 aromatic heterocycles. The van der Waals surface area contributed by atoms with E-state index in [0.717, 1.165) is 54.6 Å². The first-order chi connectivity index (χ1) is 20.1. The Morgan fingerprint density at radius 3 is 2.63 bits per heavy atom. The van der Waals surface area contributed by atoms with E-state index < -0.39 is 5.82 Å². The van der Waals surface area contributed by atoms with Crippen molar-refractivity contribution in [3.05, 3.63) is 54.0 Å². The highest BCUT2D eigenvalue weighted by Gasteiger charge is 2.35. The van der Waals surface area contributed by atoms with Crippen LogP contribution in [0, 0.1) is 29.0 Å². The Morgan fingerprint density at radius 2 is 1.88 bits per heavy atom. The van der Waals surface area contributed by atoms with E-state index in [1.54, 1.807) is 6.20 Å². The third-order valence-electron chi connectivity index (χ3n) is 9.38. The number of ether oxygens (including phenoxy) is 1. The van der Waals surface area contributed by atoms with Gasteiger partial charge in [-0.2, -0.15) is 15.2 Å². The molecule has 1 saturated carbocycles. The minimum absolute atomic E-state index is 0.231. The van der Waals surface area contributed by atoms with Crippen LogP contribution in [0.5, 0.6) is 6.01 Å². The standard InChI is InChI=1S/C33H35FN6O/c1-39-15-5-10-25(39)20-41-33-37-31-27(32(38-33)40-18-21-12-13-22(16-21)19-40)17-36-30(29(31)34)26-11-3-8-23-6-2-7-24(28(23)26)9-4-14-35/h2-3,6-8,11,17,21-22,25H,4-5,9-10,12-13,15-16,18-20H2,1H3/t21?,22?,25-/m0/s1. The van der Waals surface area contributed by atoms with Crippen LogP contribution in [0.1, 0.15) is 44.1 Å². The molecule has 1 aliphatic carbocycles. The number of anilines is 1. The summed E-state index contributed by atoms with van der Waals surface area (Å²) in [7, 11) is 2.11. The normalized spacial score (nSPS) is 22.5. The van der Waals surface area contributed by atoms with E-state index in [2.05, 4.69) is 27.9 Å². The van der Waals surface area contributed by atoms with Crippen LogP contribution >= 0.6 is 0 Å². The van der Waals surface area contributed by atoms with Gasteiger partial charge in [0.1, 0.15) is 23.6 Å². The number of aryl methyl sites for hydroxylation is 1. The van der Waals surface area contributed by atoms with Crippen molar-refractivity contribution in [1.82, 2.24) is 19.9 Å². The van der Waals surface area contributed by atoms with Gasteiger partial charge in [0, 0.05) is 37.3 Å². The lowest BCUT2D eigenvalue weighted by Gasteiger charge is -2.33. The molecule has 2 unspecified atom stereocenters. The molecule has 210 valence electrons. The molecule has 4 heterocycles. The molecule has 2 aromatic carbocycles. The average molecular weight is 551 g/mol. The van der Waals surface area contributed by atoms with Gasteiger partial charge in [0.15, 0.2) is 5.82 Å². The highest BCUT2D eigenvalue weighted by molar-refractivity contribution is 6.00. The number of nitriles is 1. The van der Waals surface area contributed by atoms with Gasteiger partial charge in [0.05, 0.1) is 11.5 Å². The van der Waals surface area contributed by atoms with Crippen LogP contribution in [0.25, 0.3) is 32.9 Å². The van der Waals surface area contributed by atoms with Crippen molar-refractivity contribution in [2.45, 2.75) is 51.0 Å². The third-order valence-corrected chi connectivity index (χ3v) is 9.38. The molecular weight excluding hydrogens is 515 g/mol. The summed E-state index contributed by atoms with van der Waals surface area (Å²) >= 11 is 0. The Labute approximate surface area is 240 Å². The number of likely N-dealkylation sites (tertiary alicyclic amines) is 1. The number of piperidine rings is 1. The zero-order valence-corrected chi connectivity index (χ0v) is 23.5. The molecule has 2 aliphatic heterocycles. The monoisotopic (exact) mass is 550 g/mol. The maximum atomic E-state index is 16.7. The molecule has 0 amide bonds. The van der Waals surface area contributed by atoms with Gasteiger partial charge in [-0.3, -0.25) is 4.98 Å². The number of benzene rings is 2. The molecule has 3 atom stereocenters. The maximum absolute atomic E-state index is 16.7. The number of rotatable bonds is 7. The van der Waals surface area contributed by atoms with Gasteiger partial charge in [-0.15, -0.1) is 0 Å². The van der Waals surface area contributed by atoms with Crippen molar-refractivity contribution in [2.75, 3.05) is 38.2 Å². The van der Waals surface area contributed by atoms with Gasteiger partial charge in [-0.25, -0.2) is 4.39 Å². The average Bonchev–Trinajstić information content (AvgIpc) is 3.57. The summed E-state index contributed by atoms with van der Waals surface area (Å²) in [6, 6.07) is 14.7. The molecule has 0 N–H and O–H groups in total. The van der Waals surface area contributed by atoms with Gasteiger partial charge in [-0.1, -0.05) is 36.4 Å². The maximum Gasteiger partial charge on any atom is 0.319 e. The SMILES string of the molecule is CN1CCC[C@H]1COc1nc(N2CC3CCC(C3)C2)c2cnc(-c3cccc4cccc(CCC#N)c34)c(F)c2n1. The smallest absolute Gasteiger partial charge is 0.319 e. The van der Waals surface area contributed by atoms with Gasteiger partial charge < -0.3 is 14.5 Å². The van der Waals surface area contributed by atoms with Gasteiger partial charge in [-0.05, 0) is 80.3 Å². The topological polar surface area (TPSA) is 78.2 Å². The number of pyridine rings is 1. The number of hydrogen-bond donors (Lipinski definition) is 0. The Hall–Kier alpha value is -3.83. The predicted molar refractivity (Wildman–Crippen MR) is 158 cm³/mol. The Kier molecular flexibility index (Phi) is 6.91. The summed E-state index contributed by atoms with van der Waals surface area (Å²) in [5.74, 6) is 1.56. The number of halogens is 1. The minimum Gasteiger partial charge on any atom is -0.462 e. The van der Waals surface area contributed by atoms with E-state index in [9.17, 15) is 5.26 Å². The second kappa shape index (κ2) is 10.9. The van der Waals surface area contributed by atoms with Gasteiger partial charge >= 0.3 is 6.01 Å². The van der Waals surface area contributed by atoms with Crippen LogP contribution in [0.3, 0.4) is 0 Å². The molecular formula is C33H35FN6O. The van der Waals surface area contributed by atoms with E-state index >= 15 is 4.39 Å². The van der Waals surface area contributed by atoms with Crippen LogP contribution < -0.4 is 9.64 Å². The summed E-state index contributed by atoms with van der Waals surface area (Å²) in [6.07, 6.45) is 8.71. The molecule has 7 nitrogen and oxygen atoms in total. The predicted octanol–water partition coefficient (Wildman–Crippen LogP) is 6.15. The largest absolute Gasteiger partial charge is 0.462 e. The van der Waals surface area contributed by atoms with Crippen LogP contribution in [0.4, 0.5) is 10.2 Å². The van der Waals surface area contributed by atoms with E-state index in [4.69, 9.17) is 14.7 Å². The van der Waals surface area contributed by atoms with Crippen LogP contribution in [0.2, 0.25) is 0 Å². The summed E-state index contributed by atoms with van der Waals surface area (Å²) < 4.78 is 22.9. The van der Waals surface area contributed by atoms with Crippen molar-refractivity contribution in [2.24, 2.45) is 11.8 Å². The molecule has 41 heavy (non-hydrogen) atoms. The van der Waals surface area contributed by atoms with E-state index in [1.807, 2.05) is 36.4 Å². The number of aromatic nitrogens is 3. The number of hydrogen-bond acceptors (Lipinski definition) is 7. The quantitative estimate of drug-likeness (QED) is 0.273. The molecule has 3 aliphatic rings. The fourth-order valence-corrected chi connectivity index (χ4v) is 7.27. The van der Waals surface area contributed by atoms with Crippen molar-refractivity contribution in [3.63, 3.8) is 0 Å². The van der Waals surface area contributed by atoms with Gasteiger partial charge in [0.25, 0.3) is 0 Å². The van der Waals surface area contributed by atoms with E-state index in [1.165, 1.54) is 19.3 Å². The fraction of sp³-hybridized carbons (Fsp3) is 0.455. The van der Waals surface area contributed by atoms with Crippen molar-refractivity contribution >= 4 is 27.5 Å². The fourth-order valence-electron chi connectivity index (χ4n) is 7.27. The highest BCUT2D eigenvalue weighted by Crippen LogP contribution is 2.41. The van der Waals surface area contributed by atoms with Crippen molar-refractivity contribution in [3.8, 4) is 23.3 Å². The first kappa shape index (κ1) is 26.1. The Balaban J connectivity index is 1.35. The lowest BCUT2D eigenvalue weighted by Crippen LogP contribution is -2.37. The lowest BCUT2D eigenvalue weighted by atomic mass is 9.94. The van der Waals surface area contributed by atoms with E-state index in [0.29, 0.717) is 48.3 Å². The molecule has 3 fully saturated rings. The molecule has 0 radical (unpaired) electrons. The number of likely N-dealkylation sites (N-methyl/N-ethyl adjacent to an activating group) is 1. The number of fused-ring (bicyclic) bond motifs is 4. The lowest BCUT2D eigenvalue weighted by molar-refractivity contribution is 0.188. The minimum atomic E-state index is -0.462. The Bertz CT molecular complexity index is 1630. The molecule has 2 bridgehead atoms. The third kappa shape index (κ3) is 4.87. The first-order valence-electron chi connectivity index (χ1n) is 14.9. The van der Waals surface area contributed by atoms with Crippen LogP contribution in [-0.4, -0.2) is 59.2 Å². The summed E-state index contributed by atoms with van der Waals surface area (Å²) in [5, 5.41) is 11.8. The molecule has 2 saturated heterocycles. The second-order valence-corrected chi connectivity index (χ2v) is 12.0. The Morgan fingerprint density at radius 1 is 1.07 bits per heavy atom. The molecule has 7 rings (SSSR count). The summed E-state index contributed by atoms with van der Waals surface area (Å²) in [5.41, 5.74) is 2.23. The van der Waals surface area contributed by atoms with Gasteiger partial charge in [0.2, 0.25) is 0 Å². The molecule has 0 spiro atoms. The van der Waals surface area contributed by atoms with Crippen molar-refractivity contribution in [1.29, 1.82) is 5.26 Å². The van der Waals surface area contributed by atoms with Crippen LogP contribution in [-0.2, 0) is 6.42 Å². The highest BCUT2D eigenvalue weighted by atomic mass is 19.1. The molecule has 8 heteroatoms.